The van der Waals surface area contributed by atoms with Gasteiger partial charge in [0.05, 0.1) is 11.4 Å². The number of carbonyl (C=O) groups is 1. The highest BCUT2D eigenvalue weighted by molar-refractivity contribution is 5.94. The third-order valence-corrected chi connectivity index (χ3v) is 4.26. The van der Waals surface area contributed by atoms with E-state index < -0.39 is 0 Å². The highest BCUT2D eigenvalue weighted by atomic mass is 19.1. The zero-order valence-electron chi connectivity index (χ0n) is 16.1. The molecule has 0 unspecified atom stereocenters. The van der Waals surface area contributed by atoms with Crippen LogP contribution >= 0.6 is 0 Å². The molecular weight excluding hydrogens is 361 g/mol. The van der Waals surface area contributed by atoms with Gasteiger partial charge in [-0.3, -0.25) is 4.79 Å². The van der Waals surface area contributed by atoms with E-state index in [-0.39, 0.29) is 18.2 Å². The van der Waals surface area contributed by atoms with E-state index in [2.05, 4.69) is 34.4 Å². The van der Waals surface area contributed by atoms with Gasteiger partial charge in [0, 0.05) is 12.5 Å². The second-order valence-electron chi connectivity index (χ2n) is 6.91. The van der Waals surface area contributed by atoms with Crippen molar-refractivity contribution < 1.29 is 13.9 Å². The van der Waals surface area contributed by atoms with E-state index >= 15 is 0 Å². The van der Waals surface area contributed by atoms with Crippen molar-refractivity contribution in [1.82, 2.24) is 25.2 Å². The Balaban J connectivity index is 1.67. The molecule has 0 saturated heterocycles. The highest BCUT2D eigenvalue weighted by Gasteiger charge is 2.14. The standard InChI is InChI=1S/C20H22FN5O2/c1-13(2)4-10-19(27)17-9-11-20(24-23-17)28-12-18-14(3)22-25-26(18)16-7-5-15(21)6-8-16/h5-9,11,13H,4,10,12H2,1-3H3. The number of aryl methyl sites for hydroxylation is 1. The van der Waals surface area contributed by atoms with Crippen LogP contribution in [0.25, 0.3) is 5.69 Å². The van der Waals surface area contributed by atoms with Crippen LogP contribution in [0.1, 0.15) is 48.6 Å². The van der Waals surface area contributed by atoms with Crippen LogP contribution in [-0.4, -0.2) is 31.0 Å². The maximum atomic E-state index is 13.1. The minimum atomic E-state index is -0.323. The molecule has 0 saturated carbocycles. The Bertz CT molecular complexity index is 936. The van der Waals surface area contributed by atoms with Crippen molar-refractivity contribution in [3.8, 4) is 11.6 Å². The molecule has 28 heavy (non-hydrogen) atoms. The molecule has 0 fully saturated rings. The smallest absolute Gasteiger partial charge is 0.233 e. The van der Waals surface area contributed by atoms with Crippen LogP contribution in [0, 0.1) is 18.7 Å². The minimum absolute atomic E-state index is 0.0258. The summed E-state index contributed by atoms with van der Waals surface area (Å²) in [5, 5.41) is 16.1. The molecule has 0 bridgehead atoms. The zero-order valence-corrected chi connectivity index (χ0v) is 16.1. The van der Waals surface area contributed by atoms with E-state index in [1.165, 1.54) is 12.1 Å². The first-order chi connectivity index (χ1) is 13.4. The molecule has 3 rings (SSSR count). The van der Waals surface area contributed by atoms with Gasteiger partial charge in [0.25, 0.3) is 0 Å². The molecule has 3 aromatic rings. The van der Waals surface area contributed by atoms with Crippen LogP contribution in [0.3, 0.4) is 0 Å². The van der Waals surface area contributed by atoms with Gasteiger partial charge in [0.1, 0.15) is 23.8 Å². The van der Waals surface area contributed by atoms with E-state index in [1.54, 1.807) is 28.9 Å². The highest BCUT2D eigenvalue weighted by Crippen LogP contribution is 2.16. The van der Waals surface area contributed by atoms with Crippen molar-refractivity contribution in [3.63, 3.8) is 0 Å². The van der Waals surface area contributed by atoms with Crippen LogP contribution in [0.5, 0.6) is 5.88 Å². The summed E-state index contributed by atoms with van der Waals surface area (Å²) in [5.74, 6) is 0.410. The molecule has 0 radical (unpaired) electrons. The van der Waals surface area contributed by atoms with Crippen LogP contribution in [0.15, 0.2) is 36.4 Å². The molecule has 0 atom stereocenters. The van der Waals surface area contributed by atoms with Gasteiger partial charge in [-0.15, -0.1) is 15.3 Å². The molecule has 2 aromatic heterocycles. The first kappa shape index (κ1) is 19.6. The zero-order chi connectivity index (χ0) is 20.1. The third-order valence-electron chi connectivity index (χ3n) is 4.26. The Hall–Kier alpha value is -3.16. The summed E-state index contributed by atoms with van der Waals surface area (Å²) in [7, 11) is 0. The molecule has 0 aliphatic heterocycles. The number of halogens is 1. The van der Waals surface area contributed by atoms with Gasteiger partial charge in [-0.1, -0.05) is 19.1 Å². The van der Waals surface area contributed by atoms with Gasteiger partial charge in [-0.05, 0) is 49.6 Å². The molecule has 0 aliphatic carbocycles. The Labute approximate surface area is 162 Å². The topological polar surface area (TPSA) is 82.8 Å². The number of ketones is 1. The van der Waals surface area contributed by atoms with Crippen LogP contribution in [0.2, 0.25) is 0 Å². The number of ether oxygens (including phenoxy) is 1. The fraction of sp³-hybridized carbons (Fsp3) is 0.350. The largest absolute Gasteiger partial charge is 0.470 e. The van der Waals surface area contributed by atoms with Crippen molar-refractivity contribution >= 4 is 5.78 Å². The number of rotatable bonds is 8. The van der Waals surface area contributed by atoms with Crippen molar-refractivity contribution in [3.05, 3.63) is 59.3 Å². The van der Waals surface area contributed by atoms with Gasteiger partial charge < -0.3 is 4.74 Å². The van der Waals surface area contributed by atoms with Crippen LogP contribution in [-0.2, 0) is 6.61 Å². The summed E-state index contributed by atoms with van der Waals surface area (Å²) in [6.45, 7) is 6.12. The summed E-state index contributed by atoms with van der Waals surface area (Å²) in [4.78, 5) is 12.1. The van der Waals surface area contributed by atoms with E-state index in [4.69, 9.17) is 4.74 Å². The normalized spacial score (nSPS) is 11.0. The Kier molecular flexibility index (Phi) is 6.08. The lowest BCUT2D eigenvalue weighted by Crippen LogP contribution is -2.09. The van der Waals surface area contributed by atoms with Crippen molar-refractivity contribution in [2.75, 3.05) is 0 Å². The fourth-order valence-corrected chi connectivity index (χ4v) is 2.57. The molecule has 8 heteroatoms. The molecule has 0 spiro atoms. The second-order valence-corrected chi connectivity index (χ2v) is 6.91. The van der Waals surface area contributed by atoms with Gasteiger partial charge >= 0.3 is 0 Å². The molecule has 1 aromatic carbocycles. The molecule has 146 valence electrons. The summed E-state index contributed by atoms with van der Waals surface area (Å²) in [5.41, 5.74) is 2.42. The van der Waals surface area contributed by atoms with Crippen molar-refractivity contribution in [2.24, 2.45) is 5.92 Å². The van der Waals surface area contributed by atoms with Crippen LogP contribution in [0.4, 0.5) is 4.39 Å². The van der Waals surface area contributed by atoms with Gasteiger partial charge in [0.15, 0.2) is 5.78 Å². The summed E-state index contributed by atoms with van der Waals surface area (Å²) in [6.07, 6.45) is 1.27. The number of benzene rings is 1. The number of carbonyl (C=O) groups excluding carboxylic acids is 1. The first-order valence-electron chi connectivity index (χ1n) is 9.11. The Morgan fingerprint density at radius 3 is 2.50 bits per heavy atom. The number of Topliss-reactive ketones (excluding diaryl/α,β-unsaturated/α-hetero) is 1. The van der Waals surface area contributed by atoms with Crippen molar-refractivity contribution in [1.29, 1.82) is 0 Å². The molecular formula is C20H22FN5O2. The third kappa shape index (κ3) is 4.76. The van der Waals surface area contributed by atoms with E-state index in [9.17, 15) is 9.18 Å². The average molecular weight is 383 g/mol. The summed E-state index contributed by atoms with van der Waals surface area (Å²) in [6, 6.07) is 9.19. The van der Waals surface area contributed by atoms with E-state index in [0.29, 0.717) is 41.0 Å². The van der Waals surface area contributed by atoms with E-state index in [1.807, 2.05) is 6.92 Å². The maximum absolute atomic E-state index is 13.1. The minimum Gasteiger partial charge on any atom is -0.470 e. The molecule has 0 aliphatic rings. The van der Waals surface area contributed by atoms with E-state index in [0.717, 1.165) is 6.42 Å². The Morgan fingerprint density at radius 1 is 1.11 bits per heavy atom. The number of hydrogen-bond donors (Lipinski definition) is 0. The number of aromatic nitrogens is 5. The predicted octanol–water partition coefficient (Wildman–Crippen LogP) is 3.70. The fourth-order valence-electron chi connectivity index (χ4n) is 2.57. The van der Waals surface area contributed by atoms with Gasteiger partial charge in [-0.25, -0.2) is 9.07 Å². The second kappa shape index (κ2) is 8.69. The number of nitrogens with zero attached hydrogens (tertiary/aromatic N) is 5. The van der Waals surface area contributed by atoms with Gasteiger partial charge in [0.2, 0.25) is 5.88 Å². The maximum Gasteiger partial charge on any atom is 0.233 e. The SMILES string of the molecule is Cc1nnn(-c2ccc(F)cc2)c1COc1ccc(C(=O)CCC(C)C)nn1. The summed E-state index contributed by atoms with van der Waals surface area (Å²) >= 11 is 0. The molecule has 2 heterocycles. The lowest BCUT2D eigenvalue weighted by molar-refractivity contribution is 0.0969. The molecule has 0 amide bonds. The number of hydrogen-bond acceptors (Lipinski definition) is 6. The Morgan fingerprint density at radius 2 is 1.86 bits per heavy atom. The van der Waals surface area contributed by atoms with Crippen molar-refractivity contribution in [2.45, 2.75) is 40.2 Å². The summed E-state index contributed by atoms with van der Waals surface area (Å²) < 4.78 is 20.4. The lowest BCUT2D eigenvalue weighted by Gasteiger charge is -2.09. The van der Waals surface area contributed by atoms with Crippen LogP contribution < -0.4 is 4.74 Å². The molecule has 0 N–H and O–H groups in total. The monoisotopic (exact) mass is 383 g/mol. The first-order valence-corrected chi connectivity index (χ1v) is 9.11. The lowest BCUT2D eigenvalue weighted by atomic mass is 10.0. The molecule has 7 nitrogen and oxygen atoms in total. The quantitative estimate of drug-likeness (QED) is 0.552. The van der Waals surface area contributed by atoms with Gasteiger partial charge in [-0.2, -0.15) is 0 Å². The average Bonchev–Trinajstić information content (AvgIpc) is 3.06. The predicted molar refractivity (Wildman–Crippen MR) is 101 cm³/mol.